The predicted octanol–water partition coefficient (Wildman–Crippen LogP) is 5.25. The van der Waals surface area contributed by atoms with Crippen LogP contribution in [0.5, 0.6) is 11.5 Å². The molecule has 0 atom stereocenters. The van der Waals surface area contributed by atoms with Gasteiger partial charge in [0.2, 0.25) is 0 Å². The Morgan fingerprint density at radius 2 is 1.81 bits per heavy atom. The summed E-state index contributed by atoms with van der Waals surface area (Å²) in [4.78, 5) is 0. The number of rotatable bonds is 6. The van der Waals surface area contributed by atoms with E-state index in [1.165, 1.54) is 11.1 Å². The Labute approximate surface area is 132 Å². The molecule has 0 saturated carbocycles. The first kappa shape index (κ1) is 15.9. The number of nitrogens with one attached hydrogen (secondary N) is 1. The molecule has 0 aliphatic carbocycles. The van der Waals surface area contributed by atoms with Crippen LogP contribution in [0.2, 0.25) is 5.02 Å². The Balaban J connectivity index is 2.25. The first-order valence-corrected chi connectivity index (χ1v) is 7.72. The summed E-state index contributed by atoms with van der Waals surface area (Å²) in [7, 11) is 0. The largest absolute Gasteiger partial charge is 0.455 e. The molecule has 0 fully saturated rings. The summed E-state index contributed by atoms with van der Waals surface area (Å²) in [6, 6.07) is 12.1. The van der Waals surface area contributed by atoms with Gasteiger partial charge in [0.25, 0.3) is 0 Å². The second-order valence-corrected chi connectivity index (χ2v) is 5.74. The molecule has 2 rings (SSSR count). The zero-order valence-corrected chi connectivity index (χ0v) is 13.6. The lowest BCUT2D eigenvalue weighted by atomic mass is 10.1. The fraction of sp³-hybridized carbons (Fsp3) is 0.333. The molecule has 0 bridgehead atoms. The minimum Gasteiger partial charge on any atom is -0.455 e. The van der Waals surface area contributed by atoms with Gasteiger partial charge < -0.3 is 10.1 Å². The van der Waals surface area contributed by atoms with Crippen LogP contribution in [0.25, 0.3) is 0 Å². The van der Waals surface area contributed by atoms with Crippen LogP contribution in [0.1, 0.15) is 30.0 Å². The van der Waals surface area contributed by atoms with Gasteiger partial charge in [0, 0.05) is 12.1 Å². The van der Waals surface area contributed by atoms with Crippen LogP contribution >= 0.6 is 11.6 Å². The van der Waals surface area contributed by atoms with Crippen molar-refractivity contribution in [1.82, 2.24) is 5.32 Å². The van der Waals surface area contributed by atoms with Gasteiger partial charge in [-0.1, -0.05) is 36.7 Å². The van der Waals surface area contributed by atoms with Crippen LogP contribution in [0.15, 0.2) is 36.4 Å². The standard InChI is InChI=1S/C18H22ClNO/c1-4-8-20-12-15-6-5-7-17(19)18(15)21-16-10-13(2)9-14(3)11-16/h5-7,9-11,20H,4,8,12H2,1-3H3. The summed E-state index contributed by atoms with van der Waals surface area (Å²) in [6.07, 6.45) is 1.10. The van der Waals surface area contributed by atoms with E-state index in [0.29, 0.717) is 5.02 Å². The van der Waals surface area contributed by atoms with Gasteiger partial charge in [-0.05, 0) is 56.1 Å². The molecule has 0 spiro atoms. The van der Waals surface area contributed by atoms with Crippen molar-refractivity contribution in [3.63, 3.8) is 0 Å². The lowest BCUT2D eigenvalue weighted by Crippen LogP contribution is -2.14. The van der Waals surface area contributed by atoms with Gasteiger partial charge in [-0.15, -0.1) is 0 Å². The van der Waals surface area contributed by atoms with E-state index in [9.17, 15) is 0 Å². The Bertz CT molecular complexity index is 590. The van der Waals surface area contributed by atoms with Gasteiger partial charge in [0.1, 0.15) is 11.5 Å². The van der Waals surface area contributed by atoms with E-state index in [2.05, 4.69) is 32.2 Å². The maximum Gasteiger partial charge on any atom is 0.150 e. The van der Waals surface area contributed by atoms with Crippen molar-refractivity contribution in [2.24, 2.45) is 0 Å². The predicted molar refractivity (Wildman–Crippen MR) is 89.4 cm³/mol. The molecule has 112 valence electrons. The molecule has 0 radical (unpaired) electrons. The van der Waals surface area contributed by atoms with Crippen LogP contribution in [-0.2, 0) is 6.54 Å². The molecule has 1 N–H and O–H groups in total. The Kier molecular flexibility index (Phi) is 5.66. The Morgan fingerprint density at radius 3 is 2.48 bits per heavy atom. The second-order valence-electron chi connectivity index (χ2n) is 5.33. The van der Waals surface area contributed by atoms with Crippen LogP contribution in [0.4, 0.5) is 0 Å². The Hall–Kier alpha value is -1.51. The monoisotopic (exact) mass is 303 g/mol. The third-order valence-electron chi connectivity index (χ3n) is 3.21. The van der Waals surface area contributed by atoms with Gasteiger partial charge in [0.15, 0.2) is 0 Å². The van der Waals surface area contributed by atoms with Gasteiger partial charge in [0.05, 0.1) is 5.02 Å². The SMILES string of the molecule is CCCNCc1cccc(Cl)c1Oc1cc(C)cc(C)c1. The summed E-state index contributed by atoms with van der Waals surface area (Å²) >= 11 is 6.32. The molecule has 2 nitrogen and oxygen atoms in total. The normalized spacial score (nSPS) is 10.7. The number of hydrogen-bond acceptors (Lipinski definition) is 2. The van der Waals surface area contributed by atoms with Crippen LogP contribution in [0.3, 0.4) is 0 Å². The minimum atomic E-state index is 0.643. The van der Waals surface area contributed by atoms with Gasteiger partial charge in [-0.2, -0.15) is 0 Å². The molecule has 21 heavy (non-hydrogen) atoms. The van der Waals surface area contributed by atoms with Crippen molar-refractivity contribution in [1.29, 1.82) is 0 Å². The summed E-state index contributed by atoms with van der Waals surface area (Å²) in [5.41, 5.74) is 3.44. The van der Waals surface area contributed by atoms with Crippen LogP contribution < -0.4 is 10.1 Å². The van der Waals surface area contributed by atoms with Crippen molar-refractivity contribution in [2.45, 2.75) is 33.7 Å². The minimum absolute atomic E-state index is 0.643. The summed E-state index contributed by atoms with van der Waals surface area (Å²) in [6.45, 7) is 8.02. The highest BCUT2D eigenvalue weighted by atomic mass is 35.5. The van der Waals surface area contributed by atoms with E-state index in [4.69, 9.17) is 16.3 Å². The Morgan fingerprint density at radius 1 is 1.10 bits per heavy atom. The van der Waals surface area contributed by atoms with Crippen molar-refractivity contribution in [3.05, 3.63) is 58.1 Å². The van der Waals surface area contributed by atoms with E-state index >= 15 is 0 Å². The number of halogens is 1. The smallest absolute Gasteiger partial charge is 0.150 e. The number of benzene rings is 2. The first-order valence-electron chi connectivity index (χ1n) is 7.34. The van der Waals surface area contributed by atoms with Crippen molar-refractivity contribution >= 4 is 11.6 Å². The molecule has 0 aliphatic heterocycles. The average molecular weight is 304 g/mol. The maximum atomic E-state index is 6.32. The molecule has 2 aromatic rings. The number of aryl methyl sites for hydroxylation is 2. The molecule has 0 saturated heterocycles. The highest BCUT2D eigenvalue weighted by Crippen LogP contribution is 2.33. The van der Waals surface area contributed by atoms with Crippen molar-refractivity contribution < 1.29 is 4.74 Å². The third kappa shape index (κ3) is 4.48. The first-order chi connectivity index (χ1) is 10.1. The van der Waals surface area contributed by atoms with E-state index in [-0.39, 0.29) is 0 Å². The lowest BCUT2D eigenvalue weighted by Gasteiger charge is -2.14. The zero-order valence-electron chi connectivity index (χ0n) is 12.9. The van der Waals surface area contributed by atoms with Gasteiger partial charge >= 0.3 is 0 Å². The van der Waals surface area contributed by atoms with E-state index in [0.717, 1.165) is 36.6 Å². The molecule has 0 amide bonds. The molecule has 0 aliphatic rings. The number of ether oxygens (including phenoxy) is 1. The molecule has 3 heteroatoms. The van der Waals surface area contributed by atoms with Crippen LogP contribution in [-0.4, -0.2) is 6.54 Å². The quantitative estimate of drug-likeness (QED) is 0.736. The summed E-state index contributed by atoms with van der Waals surface area (Å²) in [5.74, 6) is 1.57. The highest BCUT2D eigenvalue weighted by molar-refractivity contribution is 6.32. The van der Waals surface area contributed by atoms with Crippen molar-refractivity contribution in [2.75, 3.05) is 6.54 Å². The number of hydrogen-bond donors (Lipinski definition) is 1. The van der Waals surface area contributed by atoms with E-state index in [1.54, 1.807) is 0 Å². The molecule has 0 heterocycles. The average Bonchev–Trinajstić information content (AvgIpc) is 2.41. The fourth-order valence-electron chi connectivity index (χ4n) is 2.32. The van der Waals surface area contributed by atoms with E-state index in [1.807, 2.05) is 30.3 Å². The summed E-state index contributed by atoms with van der Waals surface area (Å²) in [5, 5.41) is 4.03. The molecule has 2 aromatic carbocycles. The van der Waals surface area contributed by atoms with E-state index < -0.39 is 0 Å². The zero-order chi connectivity index (χ0) is 15.2. The molecular formula is C18H22ClNO. The van der Waals surface area contributed by atoms with Crippen LogP contribution in [0, 0.1) is 13.8 Å². The van der Waals surface area contributed by atoms with Gasteiger partial charge in [-0.25, -0.2) is 0 Å². The second kappa shape index (κ2) is 7.48. The topological polar surface area (TPSA) is 21.3 Å². The molecule has 0 unspecified atom stereocenters. The highest BCUT2D eigenvalue weighted by Gasteiger charge is 2.10. The van der Waals surface area contributed by atoms with Gasteiger partial charge in [-0.3, -0.25) is 0 Å². The third-order valence-corrected chi connectivity index (χ3v) is 3.50. The summed E-state index contributed by atoms with van der Waals surface area (Å²) < 4.78 is 6.06. The lowest BCUT2D eigenvalue weighted by molar-refractivity contribution is 0.472. The number of para-hydroxylation sites is 1. The fourth-order valence-corrected chi connectivity index (χ4v) is 2.55. The molecular weight excluding hydrogens is 282 g/mol. The van der Waals surface area contributed by atoms with Crippen molar-refractivity contribution in [3.8, 4) is 11.5 Å². The maximum absolute atomic E-state index is 6.32. The molecule has 0 aromatic heterocycles.